The molecule has 0 aliphatic carbocycles. The smallest absolute Gasteiger partial charge is 0.310 e. The van der Waals surface area contributed by atoms with E-state index >= 15 is 0 Å². The fourth-order valence-corrected chi connectivity index (χ4v) is 1.78. The highest BCUT2D eigenvalue weighted by atomic mass is 16.6. The Morgan fingerprint density at radius 2 is 1.96 bits per heavy atom. The van der Waals surface area contributed by atoms with Gasteiger partial charge in [0.25, 0.3) is 11.6 Å². The minimum Gasteiger partial charge on any atom is -0.493 e. The molecule has 2 N–H and O–H groups in total. The Morgan fingerprint density at radius 3 is 2.42 bits per heavy atom. The third-order valence-electron chi connectivity index (χ3n) is 3.29. The van der Waals surface area contributed by atoms with Crippen molar-refractivity contribution in [3.63, 3.8) is 0 Å². The second-order valence-corrected chi connectivity index (χ2v) is 5.58. The number of nitrogens with one attached hydrogen (secondary N) is 1. The van der Waals surface area contributed by atoms with E-state index < -0.39 is 27.9 Å². The Kier molecular flexibility index (Phi) is 6.10. The van der Waals surface area contributed by atoms with Crippen LogP contribution in [-0.2, 0) is 4.79 Å². The molecule has 0 spiro atoms. The van der Waals surface area contributed by atoms with Gasteiger partial charge in [-0.3, -0.25) is 19.7 Å². The largest absolute Gasteiger partial charge is 0.493 e. The number of carbonyl (C=O) groups is 2. The molecule has 0 unspecified atom stereocenters. The summed E-state index contributed by atoms with van der Waals surface area (Å²) in [6.07, 6.45) is 0. The van der Waals surface area contributed by atoms with Gasteiger partial charge in [-0.05, 0) is 20.8 Å². The zero-order valence-electron chi connectivity index (χ0n) is 13.9. The van der Waals surface area contributed by atoms with Gasteiger partial charge in [0.05, 0.1) is 30.1 Å². The van der Waals surface area contributed by atoms with Gasteiger partial charge in [0.2, 0.25) is 0 Å². The second-order valence-electron chi connectivity index (χ2n) is 5.58. The predicted molar refractivity (Wildman–Crippen MR) is 84.6 cm³/mol. The molecule has 132 valence electrons. The lowest BCUT2D eigenvalue weighted by atomic mass is 9.94. The van der Waals surface area contributed by atoms with E-state index in [0.29, 0.717) is 0 Å². The number of carbonyl (C=O) groups excluding carboxylic acids is 1. The Balaban J connectivity index is 3.20. The molecule has 0 aliphatic heterocycles. The summed E-state index contributed by atoms with van der Waals surface area (Å²) in [6.45, 7) is 4.68. The molecule has 1 aromatic carbocycles. The summed E-state index contributed by atoms with van der Waals surface area (Å²) in [5.74, 6) is -1.54. The molecule has 1 aromatic rings. The van der Waals surface area contributed by atoms with E-state index in [4.69, 9.17) is 14.6 Å². The van der Waals surface area contributed by atoms with Crippen LogP contribution in [0.2, 0.25) is 0 Å². The standard InChI is InChI=1S/C15H20N2O7/c1-5-24-12-6-9(10(17(21)22)7-11(12)23-4)13(18)16-8-15(2,3)14(19)20/h6-7H,5,8H2,1-4H3,(H,16,18)(H,19,20). The number of hydrogen-bond donors (Lipinski definition) is 2. The molecule has 0 saturated carbocycles. The van der Waals surface area contributed by atoms with E-state index in [0.717, 1.165) is 6.07 Å². The number of ether oxygens (including phenoxy) is 2. The first-order valence-electron chi connectivity index (χ1n) is 7.14. The normalized spacial score (nSPS) is 10.8. The number of hydrogen-bond acceptors (Lipinski definition) is 6. The van der Waals surface area contributed by atoms with Gasteiger partial charge >= 0.3 is 5.97 Å². The number of methoxy groups -OCH3 is 1. The molecule has 0 aromatic heterocycles. The van der Waals surface area contributed by atoms with Crippen LogP contribution in [0.4, 0.5) is 5.69 Å². The highest BCUT2D eigenvalue weighted by Gasteiger charge is 2.30. The third-order valence-corrected chi connectivity index (χ3v) is 3.29. The molecular formula is C15H20N2O7. The molecule has 9 nitrogen and oxygen atoms in total. The van der Waals surface area contributed by atoms with Crippen LogP contribution in [-0.4, -0.2) is 42.2 Å². The number of amides is 1. The summed E-state index contributed by atoms with van der Waals surface area (Å²) in [6, 6.07) is 2.31. The Morgan fingerprint density at radius 1 is 1.33 bits per heavy atom. The number of carboxylic acid groups (broad SMARTS) is 1. The molecule has 1 amide bonds. The monoisotopic (exact) mass is 340 g/mol. The van der Waals surface area contributed by atoms with Gasteiger partial charge in [0, 0.05) is 12.6 Å². The fourth-order valence-electron chi connectivity index (χ4n) is 1.78. The third kappa shape index (κ3) is 4.34. The Hall–Kier alpha value is -2.84. The summed E-state index contributed by atoms with van der Waals surface area (Å²) < 4.78 is 10.3. The van der Waals surface area contributed by atoms with Crippen molar-refractivity contribution < 1.29 is 29.1 Å². The molecule has 0 radical (unpaired) electrons. The molecule has 0 heterocycles. The zero-order chi connectivity index (χ0) is 18.5. The molecular weight excluding hydrogens is 320 g/mol. The van der Waals surface area contributed by atoms with Crippen LogP contribution < -0.4 is 14.8 Å². The molecule has 0 fully saturated rings. The van der Waals surface area contributed by atoms with Gasteiger partial charge in [-0.15, -0.1) is 0 Å². The van der Waals surface area contributed by atoms with E-state index in [1.54, 1.807) is 6.92 Å². The number of nitro groups is 1. The van der Waals surface area contributed by atoms with Crippen LogP contribution in [0.5, 0.6) is 11.5 Å². The lowest BCUT2D eigenvalue weighted by Gasteiger charge is -2.19. The van der Waals surface area contributed by atoms with E-state index in [9.17, 15) is 19.7 Å². The van der Waals surface area contributed by atoms with Crippen LogP contribution in [0.1, 0.15) is 31.1 Å². The van der Waals surface area contributed by atoms with Crippen LogP contribution in [0.3, 0.4) is 0 Å². The number of aliphatic carboxylic acids is 1. The number of nitro benzene ring substituents is 1. The minimum atomic E-state index is -1.21. The van der Waals surface area contributed by atoms with Gasteiger partial charge in [-0.1, -0.05) is 0 Å². The topological polar surface area (TPSA) is 128 Å². The van der Waals surface area contributed by atoms with Crippen molar-refractivity contribution in [3.05, 3.63) is 27.8 Å². The highest BCUT2D eigenvalue weighted by Crippen LogP contribution is 2.34. The molecule has 0 aliphatic rings. The van der Waals surface area contributed by atoms with Crippen molar-refractivity contribution >= 4 is 17.6 Å². The van der Waals surface area contributed by atoms with Crippen LogP contribution >= 0.6 is 0 Å². The van der Waals surface area contributed by atoms with E-state index in [1.807, 2.05) is 0 Å². The quantitative estimate of drug-likeness (QED) is 0.546. The summed E-state index contributed by atoms with van der Waals surface area (Å²) in [5, 5.41) is 22.7. The van der Waals surface area contributed by atoms with Crippen molar-refractivity contribution in [1.82, 2.24) is 5.32 Å². The first-order chi connectivity index (χ1) is 11.1. The summed E-state index contributed by atoms with van der Waals surface area (Å²) in [5.41, 5.74) is -1.90. The summed E-state index contributed by atoms with van der Waals surface area (Å²) in [4.78, 5) is 33.9. The van der Waals surface area contributed by atoms with E-state index in [1.165, 1.54) is 27.0 Å². The minimum absolute atomic E-state index is 0.131. The number of nitrogens with zero attached hydrogens (tertiary/aromatic N) is 1. The molecule has 0 bridgehead atoms. The van der Waals surface area contributed by atoms with Crippen LogP contribution in [0.25, 0.3) is 0 Å². The Labute approximate surface area is 138 Å². The maximum Gasteiger partial charge on any atom is 0.310 e. The lowest BCUT2D eigenvalue weighted by molar-refractivity contribution is -0.385. The summed E-state index contributed by atoms with van der Waals surface area (Å²) >= 11 is 0. The van der Waals surface area contributed by atoms with Gasteiger partial charge in [0.15, 0.2) is 11.5 Å². The summed E-state index contributed by atoms with van der Waals surface area (Å²) in [7, 11) is 1.33. The number of rotatable bonds is 8. The van der Waals surface area contributed by atoms with Gasteiger partial charge < -0.3 is 19.9 Å². The van der Waals surface area contributed by atoms with Crippen molar-refractivity contribution in [2.45, 2.75) is 20.8 Å². The van der Waals surface area contributed by atoms with Crippen molar-refractivity contribution in [3.8, 4) is 11.5 Å². The van der Waals surface area contributed by atoms with Gasteiger partial charge in [-0.25, -0.2) is 0 Å². The first kappa shape index (κ1) is 19.2. The highest BCUT2D eigenvalue weighted by molar-refractivity contribution is 5.99. The van der Waals surface area contributed by atoms with Crippen molar-refractivity contribution in [2.24, 2.45) is 5.41 Å². The van der Waals surface area contributed by atoms with Gasteiger partial charge in [-0.2, -0.15) is 0 Å². The number of benzene rings is 1. The molecule has 9 heteroatoms. The molecule has 0 saturated heterocycles. The maximum absolute atomic E-state index is 12.3. The van der Waals surface area contributed by atoms with Crippen LogP contribution in [0, 0.1) is 15.5 Å². The molecule has 0 atom stereocenters. The Bertz CT molecular complexity index is 655. The first-order valence-corrected chi connectivity index (χ1v) is 7.14. The van der Waals surface area contributed by atoms with E-state index in [-0.39, 0.29) is 30.2 Å². The van der Waals surface area contributed by atoms with Gasteiger partial charge in [0.1, 0.15) is 5.56 Å². The van der Waals surface area contributed by atoms with Crippen molar-refractivity contribution in [1.29, 1.82) is 0 Å². The number of carboxylic acids is 1. The maximum atomic E-state index is 12.3. The van der Waals surface area contributed by atoms with Crippen molar-refractivity contribution in [2.75, 3.05) is 20.3 Å². The zero-order valence-corrected chi connectivity index (χ0v) is 13.9. The lowest BCUT2D eigenvalue weighted by Crippen LogP contribution is -2.39. The second kappa shape index (κ2) is 7.62. The predicted octanol–water partition coefficient (Wildman–Crippen LogP) is 1.84. The average Bonchev–Trinajstić information content (AvgIpc) is 2.52. The van der Waals surface area contributed by atoms with Crippen LogP contribution in [0.15, 0.2) is 12.1 Å². The fraction of sp³-hybridized carbons (Fsp3) is 0.467. The SMILES string of the molecule is CCOc1cc(C(=O)NCC(C)(C)C(=O)O)c([N+](=O)[O-])cc1OC. The molecule has 24 heavy (non-hydrogen) atoms. The van der Waals surface area contributed by atoms with E-state index in [2.05, 4.69) is 5.32 Å². The average molecular weight is 340 g/mol. The molecule has 1 rings (SSSR count).